The molecule has 2 heterocycles. The first-order chi connectivity index (χ1) is 9.74. The van der Waals surface area contributed by atoms with Crippen molar-refractivity contribution in [1.82, 2.24) is 15.5 Å². The van der Waals surface area contributed by atoms with Crippen molar-refractivity contribution in [2.24, 2.45) is 5.92 Å². The van der Waals surface area contributed by atoms with E-state index >= 15 is 0 Å². The molecule has 1 N–H and O–H groups in total. The fourth-order valence-electron chi connectivity index (χ4n) is 2.62. The van der Waals surface area contributed by atoms with Crippen LogP contribution >= 0.6 is 0 Å². The summed E-state index contributed by atoms with van der Waals surface area (Å²) in [4.78, 5) is 4.33. The number of nitrogens with one attached hydrogen (secondary N) is 1. The number of aromatic nitrogens is 2. The van der Waals surface area contributed by atoms with Gasteiger partial charge in [0.15, 0.2) is 5.82 Å². The number of hydrogen-bond donors (Lipinski definition) is 1. The second-order valence-electron chi connectivity index (χ2n) is 5.37. The number of aryl methyl sites for hydroxylation is 1. The van der Waals surface area contributed by atoms with Crippen molar-refractivity contribution >= 4 is 0 Å². The fraction of sp³-hybridized carbons (Fsp3) is 0.467. The molecule has 1 aromatic carbocycles. The summed E-state index contributed by atoms with van der Waals surface area (Å²) in [6.45, 7) is 3.80. The molecule has 0 radical (unpaired) electrons. The van der Waals surface area contributed by atoms with Gasteiger partial charge in [-0.2, -0.15) is 4.98 Å². The molecule has 1 aromatic heterocycles. The van der Waals surface area contributed by atoms with E-state index in [1.807, 2.05) is 0 Å². The van der Waals surface area contributed by atoms with Crippen LogP contribution < -0.4 is 5.32 Å². The average Bonchev–Trinajstić information content (AvgIpc) is 2.91. The Morgan fingerprint density at radius 2 is 2.35 bits per heavy atom. The highest BCUT2D eigenvalue weighted by atomic mass is 19.1. The molecule has 1 unspecified atom stereocenters. The smallest absolute Gasteiger partial charge is 0.260 e. The van der Waals surface area contributed by atoms with Crippen LogP contribution in [0, 0.1) is 18.7 Å². The first-order valence-electron chi connectivity index (χ1n) is 7.03. The van der Waals surface area contributed by atoms with Gasteiger partial charge in [-0.25, -0.2) is 4.39 Å². The predicted molar refractivity (Wildman–Crippen MR) is 73.7 cm³/mol. The van der Waals surface area contributed by atoms with Gasteiger partial charge in [-0.3, -0.25) is 0 Å². The zero-order valence-electron chi connectivity index (χ0n) is 11.5. The van der Waals surface area contributed by atoms with Crippen LogP contribution in [0.1, 0.15) is 24.2 Å². The number of nitrogens with zero attached hydrogens (tertiary/aromatic N) is 2. The zero-order chi connectivity index (χ0) is 13.9. The Labute approximate surface area is 117 Å². The summed E-state index contributed by atoms with van der Waals surface area (Å²) >= 11 is 0. The van der Waals surface area contributed by atoms with Crippen molar-refractivity contribution < 1.29 is 8.91 Å². The first-order valence-corrected chi connectivity index (χ1v) is 7.03. The molecule has 0 amide bonds. The number of halogens is 1. The number of benzene rings is 1. The molecule has 5 heteroatoms. The Morgan fingerprint density at radius 1 is 1.45 bits per heavy atom. The van der Waals surface area contributed by atoms with E-state index in [-0.39, 0.29) is 11.7 Å². The lowest BCUT2D eigenvalue weighted by Crippen LogP contribution is -2.31. The third-order valence-electron chi connectivity index (χ3n) is 3.76. The van der Waals surface area contributed by atoms with Crippen molar-refractivity contribution in [3.8, 4) is 11.5 Å². The predicted octanol–water partition coefficient (Wildman–Crippen LogP) is 2.73. The van der Waals surface area contributed by atoms with Crippen LogP contribution in [0.15, 0.2) is 22.7 Å². The van der Waals surface area contributed by atoms with Crippen LogP contribution in [0.5, 0.6) is 0 Å². The molecule has 1 aliphatic rings. The van der Waals surface area contributed by atoms with Crippen molar-refractivity contribution in [2.75, 3.05) is 13.1 Å². The van der Waals surface area contributed by atoms with Gasteiger partial charge < -0.3 is 9.84 Å². The summed E-state index contributed by atoms with van der Waals surface area (Å²) in [5.41, 5.74) is 0.962. The molecule has 1 fully saturated rings. The minimum atomic E-state index is -0.290. The largest absolute Gasteiger partial charge is 0.334 e. The molecule has 1 atom stereocenters. The van der Waals surface area contributed by atoms with Gasteiger partial charge >= 0.3 is 0 Å². The Morgan fingerprint density at radius 3 is 3.15 bits per heavy atom. The molecule has 0 aliphatic carbocycles. The molecule has 0 bridgehead atoms. The van der Waals surface area contributed by atoms with Gasteiger partial charge in [0, 0.05) is 6.42 Å². The highest BCUT2D eigenvalue weighted by molar-refractivity contribution is 5.55. The van der Waals surface area contributed by atoms with Gasteiger partial charge in [0.1, 0.15) is 5.82 Å². The molecular formula is C15H18FN3O. The van der Waals surface area contributed by atoms with E-state index in [0.29, 0.717) is 22.9 Å². The standard InChI is InChI=1S/C15H18FN3O/c1-10-4-2-6-12(14(10)16)15-18-13(19-20-15)8-11-5-3-7-17-9-11/h2,4,6,11,17H,3,5,7-9H2,1H3. The maximum Gasteiger partial charge on any atom is 0.260 e. The topological polar surface area (TPSA) is 51.0 Å². The minimum absolute atomic E-state index is 0.268. The Bertz CT molecular complexity index is 591. The summed E-state index contributed by atoms with van der Waals surface area (Å²) < 4.78 is 19.2. The maximum absolute atomic E-state index is 14.0. The molecule has 4 nitrogen and oxygen atoms in total. The number of hydrogen-bond acceptors (Lipinski definition) is 4. The van der Waals surface area contributed by atoms with Gasteiger partial charge in [0.05, 0.1) is 5.56 Å². The second kappa shape index (κ2) is 5.71. The lowest BCUT2D eigenvalue weighted by atomic mass is 9.96. The monoisotopic (exact) mass is 275 g/mol. The minimum Gasteiger partial charge on any atom is -0.334 e. The van der Waals surface area contributed by atoms with Crippen molar-refractivity contribution in [2.45, 2.75) is 26.2 Å². The van der Waals surface area contributed by atoms with Crippen molar-refractivity contribution in [3.63, 3.8) is 0 Å². The molecule has 106 valence electrons. The third kappa shape index (κ3) is 2.72. The third-order valence-corrected chi connectivity index (χ3v) is 3.76. The lowest BCUT2D eigenvalue weighted by Gasteiger charge is -2.20. The Balaban J connectivity index is 1.77. The van der Waals surface area contributed by atoms with Gasteiger partial charge in [0.2, 0.25) is 0 Å². The summed E-state index contributed by atoms with van der Waals surface area (Å²) in [5.74, 6) is 1.18. The Hall–Kier alpha value is -1.75. The summed E-state index contributed by atoms with van der Waals surface area (Å²) in [7, 11) is 0. The average molecular weight is 275 g/mol. The van der Waals surface area contributed by atoms with E-state index < -0.39 is 0 Å². The van der Waals surface area contributed by atoms with E-state index in [1.165, 1.54) is 12.8 Å². The molecule has 3 rings (SSSR count). The van der Waals surface area contributed by atoms with Crippen LogP contribution in [0.3, 0.4) is 0 Å². The molecule has 1 aliphatic heterocycles. The zero-order valence-corrected chi connectivity index (χ0v) is 11.5. The summed E-state index contributed by atoms with van der Waals surface area (Å²) in [6, 6.07) is 5.19. The quantitative estimate of drug-likeness (QED) is 0.935. The van der Waals surface area contributed by atoms with Crippen LogP contribution in [-0.2, 0) is 6.42 Å². The fourth-order valence-corrected chi connectivity index (χ4v) is 2.62. The van der Waals surface area contributed by atoms with Crippen molar-refractivity contribution in [1.29, 1.82) is 0 Å². The van der Waals surface area contributed by atoms with E-state index in [2.05, 4.69) is 15.5 Å². The molecule has 1 saturated heterocycles. The molecular weight excluding hydrogens is 257 g/mol. The summed E-state index contributed by atoms with van der Waals surface area (Å²) in [5, 5.41) is 7.34. The van der Waals surface area contributed by atoms with Gasteiger partial charge in [0.25, 0.3) is 5.89 Å². The lowest BCUT2D eigenvalue weighted by molar-refractivity contribution is 0.359. The molecule has 0 saturated carbocycles. The highest BCUT2D eigenvalue weighted by Crippen LogP contribution is 2.24. The van der Waals surface area contributed by atoms with Crippen molar-refractivity contribution in [3.05, 3.63) is 35.4 Å². The first kappa shape index (κ1) is 13.2. The van der Waals surface area contributed by atoms with Gasteiger partial charge in [-0.15, -0.1) is 0 Å². The molecule has 0 spiro atoms. The van der Waals surface area contributed by atoms with Crippen LogP contribution in [0.25, 0.3) is 11.5 Å². The molecule has 20 heavy (non-hydrogen) atoms. The van der Waals surface area contributed by atoms with Crippen LogP contribution in [0.2, 0.25) is 0 Å². The number of piperidine rings is 1. The normalized spacial score (nSPS) is 19.2. The highest BCUT2D eigenvalue weighted by Gasteiger charge is 2.19. The van der Waals surface area contributed by atoms with E-state index in [4.69, 9.17) is 4.52 Å². The number of rotatable bonds is 3. The maximum atomic E-state index is 14.0. The molecule has 2 aromatic rings. The Kier molecular flexibility index (Phi) is 3.78. The van der Waals surface area contributed by atoms with Crippen LogP contribution in [-0.4, -0.2) is 23.2 Å². The van der Waals surface area contributed by atoms with E-state index in [9.17, 15) is 4.39 Å². The second-order valence-corrected chi connectivity index (χ2v) is 5.37. The van der Waals surface area contributed by atoms with Gasteiger partial charge in [-0.05, 0) is 50.4 Å². The van der Waals surface area contributed by atoms with Crippen LogP contribution in [0.4, 0.5) is 4.39 Å². The van der Waals surface area contributed by atoms with E-state index in [0.717, 1.165) is 19.5 Å². The summed E-state index contributed by atoms with van der Waals surface area (Å²) in [6.07, 6.45) is 3.14. The SMILES string of the molecule is Cc1cccc(-c2nc(CC3CCCNC3)no2)c1F. The van der Waals surface area contributed by atoms with E-state index in [1.54, 1.807) is 25.1 Å². The van der Waals surface area contributed by atoms with Gasteiger partial charge in [-0.1, -0.05) is 17.3 Å².